The number of hydrogen-bond donors (Lipinski definition) is 0. The molecule has 0 radical (unpaired) electrons. The average molecular weight is 387 g/mol. The minimum absolute atomic E-state index is 0.627. The first-order valence-electron chi connectivity index (χ1n) is 9.16. The molecule has 4 aromatic rings. The number of fused-ring (bicyclic) bond motifs is 1. The van der Waals surface area contributed by atoms with Crippen LogP contribution in [0.4, 0.5) is 5.69 Å². The lowest BCUT2D eigenvalue weighted by atomic mass is 10.1. The van der Waals surface area contributed by atoms with Crippen molar-refractivity contribution in [2.75, 3.05) is 21.3 Å². The average Bonchev–Trinajstić information content (AvgIpc) is 2.79. The van der Waals surface area contributed by atoms with Gasteiger partial charge < -0.3 is 18.6 Å². The van der Waals surface area contributed by atoms with E-state index in [1.54, 1.807) is 21.3 Å². The second-order valence-corrected chi connectivity index (χ2v) is 6.37. The van der Waals surface area contributed by atoms with Gasteiger partial charge in [0.25, 0.3) is 0 Å². The zero-order valence-corrected chi connectivity index (χ0v) is 16.5. The van der Waals surface area contributed by atoms with Crippen LogP contribution in [0.15, 0.2) is 82.2 Å². The fraction of sp³-hybridized carbons (Fsp3) is 0.125. The van der Waals surface area contributed by atoms with Crippen molar-refractivity contribution in [3.8, 4) is 28.6 Å². The van der Waals surface area contributed by atoms with Crippen LogP contribution in [0.1, 0.15) is 0 Å². The monoisotopic (exact) mass is 387 g/mol. The summed E-state index contributed by atoms with van der Waals surface area (Å²) in [7, 11) is 4.88. The Balaban J connectivity index is 2.00. The van der Waals surface area contributed by atoms with Gasteiger partial charge in [-0.05, 0) is 30.3 Å². The van der Waals surface area contributed by atoms with Gasteiger partial charge in [0, 0.05) is 23.1 Å². The van der Waals surface area contributed by atoms with E-state index in [0.717, 1.165) is 33.4 Å². The first kappa shape index (κ1) is 18.6. The fourth-order valence-corrected chi connectivity index (χ4v) is 3.12. The lowest BCUT2D eigenvalue weighted by molar-refractivity contribution is 0.395. The molecule has 3 aromatic carbocycles. The predicted octanol–water partition coefficient (Wildman–Crippen LogP) is 5.36. The lowest BCUT2D eigenvalue weighted by Gasteiger charge is -2.09. The molecule has 0 aliphatic carbocycles. The largest absolute Gasteiger partial charge is 0.497 e. The molecule has 0 aliphatic rings. The van der Waals surface area contributed by atoms with Gasteiger partial charge in [0.05, 0.1) is 26.7 Å². The molecule has 1 aromatic heterocycles. The van der Waals surface area contributed by atoms with Crippen LogP contribution in [0.2, 0.25) is 0 Å². The maximum absolute atomic E-state index is 6.15. The third kappa shape index (κ3) is 3.80. The number of nitrogens with zero attached hydrogens (tertiary/aromatic N) is 1. The van der Waals surface area contributed by atoms with E-state index >= 15 is 0 Å². The molecule has 0 spiro atoms. The van der Waals surface area contributed by atoms with Crippen molar-refractivity contribution < 1.29 is 18.6 Å². The smallest absolute Gasteiger partial charge is 0.148 e. The molecule has 0 unspecified atom stereocenters. The summed E-state index contributed by atoms with van der Waals surface area (Å²) in [5.74, 6) is 2.80. The summed E-state index contributed by atoms with van der Waals surface area (Å²) in [6.07, 6.45) is 0. The Hall–Kier alpha value is -3.73. The highest BCUT2D eigenvalue weighted by molar-refractivity contribution is 5.80. The highest BCUT2D eigenvalue weighted by Crippen LogP contribution is 2.32. The summed E-state index contributed by atoms with van der Waals surface area (Å²) in [5, 5.41) is 1.61. The Labute approximate surface area is 168 Å². The molecule has 0 saturated carbocycles. The summed E-state index contributed by atoms with van der Waals surface area (Å²) < 4.78 is 22.3. The maximum Gasteiger partial charge on any atom is 0.148 e. The van der Waals surface area contributed by atoms with Crippen LogP contribution < -0.4 is 19.6 Å². The molecule has 0 aliphatic heterocycles. The number of rotatable bonds is 5. The molecule has 4 rings (SSSR count). The van der Waals surface area contributed by atoms with E-state index in [9.17, 15) is 0 Å². The molecular formula is C24H21NO4. The normalized spacial score (nSPS) is 11.5. The Morgan fingerprint density at radius 2 is 1.45 bits per heavy atom. The van der Waals surface area contributed by atoms with E-state index in [1.165, 1.54) is 0 Å². The number of methoxy groups -OCH3 is 3. The molecule has 1 heterocycles. The third-order valence-corrected chi connectivity index (χ3v) is 4.64. The van der Waals surface area contributed by atoms with Crippen molar-refractivity contribution >= 4 is 16.7 Å². The van der Waals surface area contributed by atoms with Crippen molar-refractivity contribution in [1.82, 2.24) is 0 Å². The van der Waals surface area contributed by atoms with Crippen molar-refractivity contribution in [2.24, 2.45) is 4.99 Å². The minimum atomic E-state index is 0.627. The Kier molecular flexibility index (Phi) is 5.20. The van der Waals surface area contributed by atoms with E-state index in [1.807, 2.05) is 72.8 Å². The molecule has 0 fully saturated rings. The van der Waals surface area contributed by atoms with E-state index in [-0.39, 0.29) is 0 Å². The molecule has 29 heavy (non-hydrogen) atoms. The summed E-state index contributed by atoms with van der Waals surface area (Å²) in [5.41, 5.74) is 2.39. The molecular weight excluding hydrogens is 366 g/mol. The van der Waals surface area contributed by atoms with Crippen LogP contribution in [-0.4, -0.2) is 21.3 Å². The summed E-state index contributed by atoms with van der Waals surface area (Å²) in [6, 6.07) is 23.1. The molecule has 0 amide bonds. The van der Waals surface area contributed by atoms with Crippen LogP contribution in [0, 0.1) is 0 Å². The molecule has 0 bridgehead atoms. The van der Waals surface area contributed by atoms with E-state index < -0.39 is 0 Å². The predicted molar refractivity (Wildman–Crippen MR) is 113 cm³/mol. The first-order chi connectivity index (χ1) is 14.2. The SMILES string of the molecule is COc1ccc(N=c2cc(-c3ccccc3)oc3ccc(OC)cc23)c(OC)c1. The van der Waals surface area contributed by atoms with Gasteiger partial charge in [-0.1, -0.05) is 30.3 Å². The summed E-state index contributed by atoms with van der Waals surface area (Å²) in [6.45, 7) is 0. The fourth-order valence-electron chi connectivity index (χ4n) is 3.12. The van der Waals surface area contributed by atoms with Crippen LogP contribution in [0.5, 0.6) is 17.2 Å². The molecule has 0 N–H and O–H groups in total. The molecule has 0 atom stereocenters. The van der Waals surface area contributed by atoms with Crippen molar-refractivity contribution in [3.63, 3.8) is 0 Å². The van der Waals surface area contributed by atoms with Crippen LogP contribution in [0.3, 0.4) is 0 Å². The van der Waals surface area contributed by atoms with Gasteiger partial charge in [-0.15, -0.1) is 0 Å². The van der Waals surface area contributed by atoms with Crippen molar-refractivity contribution in [2.45, 2.75) is 0 Å². The molecule has 146 valence electrons. The summed E-state index contributed by atoms with van der Waals surface area (Å²) >= 11 is 0. The number of ether oxygens (including phenoxy) is 3. The van der Waals surface area contributed by atoms with Crippen LogP contribution in [0.25, 0.3) is 22.3 Å². The lowest BCUT2D eigenvalue weighted by Crippen LogP contribution is -2.04. The molecule has 0 saturated heterocycles. The van der Waals surface area contributed by atoms with Gasteiger partial charge in [-0.25, -0.2) is 4.99 Å². The first-order valence-corrected chi connectivity index (χ1v) is 9.16. The topological polar surface area (TPSA) is 53.2 Å². The highest BCUT2D eigenvalue weighted by Gasteiger charge is 2.09. The standard InChI is InChI=1S/C24H21NO4/c1-26-17-10-12-22-19(13-17)21(15-23(29-22)16-7-5-4-6-8-16)25-20-11-9-18(27-2)14-24(20)28-3/h4-15H,1-3H3. The van der Waals surface area contributed by atoms with Crippen LogP contribution in [-0.2, 0) is 0 Å². The third-order valence-electron chi connectivity index (χ3n) is 4.64. The number of hydrogen-bond acceptors (Lipinski definition) is 5. The molecule has 5 heteroatoms. The number of benzene rings is 3. The molecule has 5 nitrogen and oxygen atoms in total. The highest BCUT2D eigenvalue weighted by atomic mass is 16.5. The maximum atomic E-state index is 6.15. The zero-order chi connectivity index (χ0) is 20.2. The van der Waals surface area contributed by atoms with Gasteiger partial charge in [0.1, 0.15) is 34.3 Å². The van der Waals surface area contributed by atoms with Gasteiger partial charge in [-0.2, -0.15) is 0 Å². The second kappa shape index (κ2) is 8.10. The van der Waals surface area contributed by atoms with Gasteiger partial charge in [0.2, 0.25) is 0 Å². The van der Waals surface area contributed by atoms with Crippen molar-refractivity contribution in [1.29, 1.82) is 0 Å². The zero-order valence-electron chi connectivity index (χ0n) is 16.5. The Morgan fingerprint density at radius 1 is 0.724 bits per heavy atom. The second-order valence-electron chi connectivity index (χ2n) is 6.37. The van der Waals surface area contributed by atoms with Gasteiger partial charge >= 0.3 is 0 Å². The van der Waals surface area contributed by atoms with E-state index in [4.69, 9.17) is 23.6 Å². The minimum Gasteiger partial charge on any atom is -0.497 e. The Bertz CT molecular complexity index is 1210. The van der Waals surface area contributed by atoms with E-state index in [2.05, 4.69) is 0 Å². The van der Waals surface area contributed by atoms with Crippen LogP contribution >= 0.6 is 0 Å². The van der Waals surface area contributed by atoms with Gasteiger partial charge in [0.15, 0.2) is 0 Å². The quantitative estimate of drug-likeness (QED) is 0.463. The van der Waals surface area contributed by atoms with E-state index in [0.29, 0.717) is 17.2 Å². The van der Waals surface area contributed by atoms with Crippen molar-refractivity contribution in [3.05, 3.63) is 78.2 Å². The Morgan fingerprint density at radius 3 is 2.17 bits per heavy atom. The van der Waals surface area contributed by atoms with Gasteiger partial charge in [-0.3, -0.25) is 0 Å². The summed E-state index contributed by atoms with van der Waals surface area (Å²) in [4.78, 5) is 4.88.